The number of nitrogens with zero attached hydrogens (tertiary/aromatic N) is 3. The predicted octanol–water partition coefficient (Wildman–Crippen LogP) is 13.6. The summed E-state index contributed by atoms with van der Waals surface area (Å²) < 4.78 is 6.41. The topological polar surface area (TPSA) is 51.8 Å². The van der Waals surface area contributed by atoms with Crippen LogP contribution in [0.5, 0.6) is 0 Å². The molecule has 0 fully saturated rings. The average Bonchev–Trinajstić information content (AvgIpc) is 3.53. The van der Waals surface area contributed by atoms with Crippen LogP contribution in [0.15, 0.2) is 108 Å². The predicted molar refractivity (Wildman–Crippen MR) is 230 cm³/mol. The number of rotatable bonds is 5. The van der Waals surface area contributed by atoms with Gasteiger partial charge in [0.05, 0.1) is 5.58 Å². The van der Waals surface area contributed by atoms with Gasteiger partial charge in [-0.2, -0.15) is 0 Å². The van der Waals surface area contributed by atoms with Crippen molar-refractivity contribution < 1.29 is 24.5 Å². The fourth-order valence-corrected chi connectivity index (χ4v) is 7.22. The molecule has 0 N–H and O–H groups in total. The van der Waals surface area contributed by atoms with Crippen LogP contribution < -0.4 is 0 Å². The van der Waals surface area contributed by atoms with Crippen molar-refractivity contribution in [1.82, 2.24) is 15.0 Å². The summed E-state index contributed by atoms with van der Waals surface area (Å²) in [7, 11) is 0. The molecule has 0 aliphatic carbocycles. The zero-order chi connectivity index (χ0) is 39.1. The molecule has 287 valence electrons. The Hall–Kier alpha value is -4.96. The minimum atomic E-state index is 0. The third-order valence-electron chi connectivity index (χ3n) is 10.2. The molecule has 4 heterocycles. The fourth-order valence-electron chi connectivity index (χ4n) is 7.22. The summed E-state index contributed by atoms with van der Waals surface area (Å²) in [6, 6.07) is 34.7. The monoisotopic (exact) mass is 914 g/mol. The minimum absolute atomic E-state index is 0. The molecular weight excluding hydrogens is 863 g/mol. The van der Waals surface area contributed by atoms with Gasteiger partial charge in [0.1, 0.15) is 5.58 Å². The van der Waals surface area contributed by atoms with Crippen LogP contribution in [-0.2, 0) is 32.9 Å². The number of fused-ring (bicyclic) bond motifs is 5. The third kappa shape index (κ3) is 9.02. The maximum Gasteiger partial charge on any atom is 0.130 e. The van der Waals surface area contributed by atoms with Crippen molar-refractivity contribution in [1.29, 1.82) is 0 Å². The standard InChI is InChI=1S/C26H23N2O.C25H28N.Ir/c1-16-14-28-23(12-18(16)13-26(2,3)4)21-7-5-6-19-20-9-8-17-10-11-27-15-22(17)25(20)29-24(19)21;1-17-7-10-22(24-13-18(2)19(3)16-26-24)14-23(17)21-11-8-20(9-12-21)15-25(4,5)6;/h5-6,8-12,14-15H,13H2,1-4H3;7-9,11-14,16H,15H2,1-6H3;/q2*-1;. The van der Waals surface area contributed by atoms with E-state index in [4.69, 9.17) is 9.40 Å². The molecule has 0 saturated carbocycles. The SMILES string of the molecule is Cc1cnc(-c2[c-]cc(C)c(-c3ccc(CC(C)(C)C)cc3)c2)cc1C.Cc1cnc(-c2[c-]ccc3c2oc2c4cnccc4ccc32)cc1CC(C)(C)C.[Ir]. The number of benzene rings is 4. The maximum absolute atomic E-state index is 6.41. The van der Waals surface area contributed by atoms with Crippen molar-refractivity contribution in [3.8, 4) is 33.6 Å². The summed E-state index contributed by atoms with van der Waals surface area (Å²) in [5, 5.41) is 4.33. The van der Waals surface area contributed by atoms with Crippen molar-refractivity contribution in [2.24, 2.45) is 10.8 Å². The molecule has 0 spiro atoms. The van der Waals surface area contributed by atoms with E-state index in [-0.39, 0.29) is 25.5 Å². The quantitative estimate of drug-likeness (QED) is 0.161. The molecule has 0 unspecified atom stereocenters. The van der Waals surface area contributed by atoms with Gasteiger partial charge < -0.3 is 14.4 Å². The molecule has 0 aliphatic heterocycles. The number of hydrogen-bond donors (Lipinski definition) is 0. The summed E-state index contributed by atoms with van der Waals surface area (Å²) in [4.78, 5) is 13.6. The van der Waals surface area contributed by atoms with Crippen molar-refractivity contribution in [2.75, 3.05) is 0 Å². The Morgan fingerprint density at radius 2 is 1.30 bits per heavy atom. The molecule has 1 radical (unpaired) electrons. The van der Waals surface area contributed by atoms with Crippen LogP contribution >= 0.6 is 0 Å². The molecular formula is C51H51IrN3O-2. The Bertz CT molecular complexity index is 2660. The van der Waals surface area contributed by atoms with Gasteiger partial charge >= 0.3 is 0 Å². The van der Waals surface area contributed by atoms with Gasteiger partial charge in [0.15, 0.2) is 0 Å². The van der Waals surface area contributed by atoms with E-state index in [1.807, 2.05) is 36.9 Å². The Morgan fingerprint density at radius 1 is 0.607 bits per heavy atom. The average molecular weight is 914 g/mol. The van der Waals surface area contributed by atoms with Crippen LogP contribution in [-0.4, -0.2) is 15.0 Å². The van der Waals surface area contributed by atoms with E-state index in [0.29, 0.717) is 5.41 Å². The van der Waals surface area contributed by atoms with Gasteiger partial charge in [0, 0.05) is 55.7 Å². The first kappa shape index (κ1) is 40.7. The van der Waals surface area contributed by atoms with Crippen LogP contribution in [0.25, 0.3) is 66.4 Å². The molecule has 0 bridgehead atoms. The van der Waals surface area contributed by atoms with Gasteiger partial charge in [0.2, 0.25) is 0 Å². The molecule has 0 saturated heterocycles. The molecule has 56 heavy (non-hydrogen) atoms. The first-order valence-corrected chi connectivity index (χ1v) is 19.2. The summed E-state index contributed by atoms with van der Waals surface area (Å²) >= 11 is 0. The van der Waals surface area contributed by atoms with E-state index in [2.05, 4.69) is 158 Å². The molecule has 4 aromatic heterocycles. The zero-order valence-electron chi connectivity index (χ0n) is 34.3. The van der Waals surface area contributed by atoms with Crippen LogP contribution in [0, 0.1) is 50.7 Å². The van der Waals surface area contributed by atoms with Crippen LogP contribution in [0.2, 0.25) is 0 Å². The number of furan rings is 1. The zero-order valence-corrected chi connectivity index (χ0v) is 36.7. The Labute approximate surface area is 346 Å². The van der Waals surface area contributed by atoms with Crippen molar-refractivity contribution in [3.05, 3.63) is 149 Å². The second kappa shape index (κ2) is 16.3. The number of pyridine rings is 3. The van der Waals surface area contributed by atoms with E-state index < -0.39 is 0 Å². The van der Waals surface area contributed by atoms with E-state index in [9.17, 15) is 0 Å². The first-order chi connectivity index (χ1) is 26.1. The number of aromatic nitrogens is 3. The molecule has 0 aliphatic rings. The van der Waals surface area contributed by atoms with Gasteiger partial charge in [0.25, 0.3) is 0 Å². The maximum atomic E-state index is 6.41. The summed E-state index contributed by atoms with van der Waals surface area (Å²) in [5.41, 5.74) is 16.2. The van der Waals surface area contributed by atoms with Gasteiger partial charge in [-0.15, -0.1) is 47.5 Å². The third-order valence-corrected chi connectivity index (χ3v) is 10.2. The van der Waals surface area contributed by atoms with E-state index in [1.165, 1.54) is 44.5 Å². The Morgan fingerprint density at radius 3 is 2.02 bits per heavy atom. The second-order valence-electron chi connectivity index (χ2n) is 17.5. The summed E-state index contributed by atoms with van der Waals surface area (Å²) in [6.07, 6.45) is 9.68. The van der Waals surface area contributed by atoms with Crippen LogP contribution in [0.1, 0.15) is 74.9 Å². The molecule has 0 amide bonds. The van der Waals surface area contributed by atoms with Gasteiger partial charge in [-0.25, -0.2) is 0 Å². The summed E-state index contributed by atoms with van der Waals surface area (Å²) in [6.45, 7) is 22.1. The van der Waals surface area contributed by atoms with Gasteiger partial charge in [-0.05, 0) is 89.5 Å². The van der Waals surface area contributed by atoms with Crippen molar-refractivity contribution in [2.45, 2.75) is 82.1 Å². The summed E-state index contributed by atoms with van der Waals surface area (Å²) in [5.74, 6) is 0. The van der Waals surface area contributed by atoms with E-state index in [1.54, 1.807) is 0 Å². The largest absolute Gasteiger partial charge is 0.500 e. The molecule has 8 rings (SSSR count). The van der Waals surface area contributed by atoms with Crippen LogP contribution in [0.3, 0.4) is 0 Å². The van der Waals surface area contributed by atoms with Gasteiger partial charge in [-0.1, -0.05) is 125 Å². The van der Waals surface area contributed by atoms with Crippen LogP contribution in [0.4, 0.5) is 0 Å². The number of hydrogen-bond acceptors (Lipinski definition) is 4. The minimum Gasteiger partial charge on any atom is -0.500 e. The Balaban J connectivity index is 0.000000188. The number of aryl methyl sites for hydroxylation is 4. The smallest absolute Gasteiger partial charge is 0.130 e. The normalized spacial score (nSPS) is 11.8. The molecule has 4 nitrogen and oxygen atoms in total. The molecule has 8 aromatic rings. The van der Waals surface area contributed by atoms with E-state index in [0.717, 1.165) is 68.1 Å². The molecule has 0 atom stereocenters. The second-order valence-corrected chi connectivity index (χ2v) is 17.5. The molecule has 5 heteroatoms. The Kier molecular flexibility index (Phi) is 11.8. The van der Waals surface area contributed by atoms with Crippen molar-refractivity contribution in [3.63, 3.8) is 0 Å². The van der Waals surface area contributed by atoms with Gasteiger partial charge in [-0.3, -0.25) is 4.98 Å². The molecule has 4 aromatic carbocycles. The van der Waals surface area contributed by atoms with E-state index >= 15 is 0 Å². The fraction of sp³-hybridized carbons (Fsp3) is 0.275. The first-order valence-electron chi connectivity index (χ1n) is 19.2. The van der Waals surface area contributed by atoms with Crippen molar-refractivity contribution >= 4 is 32.7 Å².